The Kier molecular flexibility index (Phi) is 1.42. The zero-order chi connectivity index (χ0) is 7.84. The quantitative estimate of drug-likeness (QED) is 0.718. The number of hydrogen-bond donors (Lipinski definition) is 1. The average Bonchev–Trinajstić information content (AvgIpc) is 2.32. The van der Waals surface area contributed by atoms with Crippen molar-refractivity contribution in [3.05, 3.63) is 28.6 Å². The molecule has 1 aromatic heterocycles. The fourth-order valence-electron chi connectivity index (χ4n) is 0.952. The third kappa shape index (κ3) is 1.03. The fourth-order valence-corrected chi connectivity index (χ4v) is 1.30. The minimum Gasteiger partial charge on any atom is -0.252 e. The molecule has 0 radical (unpaired) electrons. The molecule has 0 aliphatic heterocycles. The fraction of sp³-hybridized carbons (Fsp3) is 0. The van der Waals surface area contributed by atoms with Gasteiger partial charge in [-0.2, -0.15) is 9.49 Å². The first kappa shape index (κ1) is 6.79. The number of nitrogens with one attached hydrogen (secondary N) is 1. The molecule has 1 aromatic carbocycles. The third-order valence-corrected chi connectivity index (χ3v) is 1.96. The van der Waals surface area contributed by atoms with Crippen LogP contribution in [0.25, 0.3) is 10.9 Å². The zero-order valence-corrected chi connectivity index (χ0v) is 7.02. The Morgan fingerprint density at radius 2 is 2.27 bits per heavy atom. The molecule has 0 fully saturated rings. The summed E-state index contributed by atoms with van der Waals surface area (Å²) < 4.78 is 13.6. The monoisotopic (exact) mass is 214 g/mol. The lowest BCUT2D eigenvalue weighted by atomic mass is 10.3. The molecule has 2 aromatic rings. The molecule has 0 aliphatic rings. The number of rotatable bonds is 0. The molecule has 0 atom stereocenters. The van der Waals surface area contributed by atoms with Crippen LogP contribution in [0.5, 0.6) is 0 Å². The molecular formula is C7H4BrFN2. The molecule has 0 amide bonds. The minimum atomic E-state index is -0.382. The van der Waals surface area contributed by atoms with Gasteiger partial charge in [0.25, 0.3) is 0 Å². The Morgan fingerprint density at radius 3 is 3.09 bits per heavy atom. The van der Waals surface area contributed by atoms with E-state index in [4.69, 9.17) is 0 Å². The van der Waals surface area contributed by atoms with Crippen LogP contribution in [0.2, 0.25) is 0 Å². The number of benzene rings is 1. The van der Waals surface area contributed by atoms with Crippen LogP contribution >= 0.6 is 15.9 Å². The Balaban J connectivity index is 2.86. The van der Waals surface area contributed by atoms with E-state index in [0.717, 1.165) is 4.47 Å². The first-order valence-electron chi connectivity index (χ1n) is 3.06. The van der Waals surface area contributed by atoms with E-state index in [1.807, 2.05) is 0 Å². The number of aromatic nitrogens is 2. The highest BCUT2D eigenvalue weighted by molar-refractivity contribution is 9.10. The van der Waals surface area contributed by atoms with Crippen LogP contribution in [0.1, 0.15) is 0 Å². The van der Waals surface area contributed by atoms with E-state index in [2.05, 4.69) is 26.1 Å². The predicted octanol–water partition coefficient (Wildman–Crippen LogP) is 2.46. The van der Waals surface area contributed by atoms with Crippen molar-refractivity contribution in [2.45, 2.75) is 0 Å². The number of hydrogen-bond acceptors (Lipinski definition) is 1. The molecule has 2 nitrogen and oxygen atoms in total. The van der Waals surface area contributed by atoms with Gasteiger partial charge in [0.2, 0.25) is 5.95 Å². The molecule has 0 saturated heterocycles. The second-order valence-corrected chi connectivity index (χ2v) is 3.11. The van der Waals surface area contributed by atoms with Crippen molar-refractivity contribution in [2.75, 3.05) is 0 Å². The van der Waals surface area contributed by atoms with Crippen LogP contribution in [-0.4, -0.2) is 10.2 Å². The lowest BCUT2D eigenvalue weighted by molar-refractivity contribution is 0.588. The highest BCUT2D eigenvalue weighted by Gasteiger charge is 2.02. The molecule has 1 N–H and O–H groups in total. The number of fused-ring (bicyclic) bond motifs is 1. The van der Waals surface area contributed by atoms with E-state index < -0.39 is 0 Å². The van der Waals surface area contributed by atoms with Gasteiger partial charge in [0.15, 0.2) is 0 Å². The summed E-state index contributed by atoms with van der Waals surface area (Å²) in [5, 5.41) is 6.54. The Morgan fingerprint density at radius 1 is 1.45 bits per heavy atom. The van der Waals surface area contributed by atoms with Crippen LogP contribution in [0, 0.1) is 5.95 Å². The summed E-state index contributed by atoms with van der Waals surface area (Å²) in [5.41, 5.74) is 0.636. The molecule has 56 valence electrons. The van der Waals surface area contributed by atoms with E-state index in [9.17, 15) is 4.39 Å². The first-order valence-corrected chi connectivity index (χ1v) is 3.86. The number of nitrogens with zero attached hydrogens (tertiary/aromatic N) is 1. The van der Waals surface area contributed by atoms with E-state index in [1.165, 1.54) is 0 Å². The molecule has 2 rings (SSSR count). The summed E-state index contributed by atoms with van der Waals surface area (Å²) in [6, 6.07) is 5.22. The normalized spacial score (nSPS) is 10.7. The molecule has 0 aliphatic carbocycles. The van der Waals surface area contributed by atoms with Crippen molar-refractivity contribution in [3.8, 4) is 0 Å². The van der Waals surface area contributed by atoms with E-state index in [0.29, 0.717) is 10.9 Å². The Bertz CT molecular complexity index is 396. The summed E-state index contributed by atoms with van der Waals surface area (Å²) in [5.74, 6) is -0.382. The van der Waals surface area contributed by atoms with Gasteiger partial charge in [-0.25, -0.2) is 0 Å². The molecule has 11 heavy (non-hydrogen) atoms. The molecule has 0 unspecified atom stereocenters. The van der Waals surface area contributed by atoms with Crippen molar-refractivity contribution in [1.29, 1.82) is 0 Å². The van der Waals surface area contributed by atoms with Gasteiger partial charge < -0.3 is 0 Å². The lowest BCUT2D eigenvalue weighted by Crippen LogP contribution is -1.69. The van der Waals surface area contributed by atoms with Gasteiger partial charge in [-0.1, -0.05) is 15.9 Å². The molecular weight excluding hydrogens is 211 g/mol. The van der Waals surface area contributed by atoms with Crippen LogP contribution in [-0.2, 0) is 0 Å². The summed E-state index contributed by atoms with van der Waals surface area (Å²) in [4.78, 5) is 0. The molecule has 4 heteroatoms. The maximum atomic E-state index is 12.7. The standard InChI is InChI=1S/C7H4BrFN2/c8-4-1-2-5-6(3-4)10-11-7(5)9/h1-3H,(H,10,11). The van der Waals surface area contributed by atoms with E-state index >= 15 is 0 Å². The number of aromatic amines is 1. The van der Waals surface area contributed by atoms with Crippen molar-refractivity contribution in [1.82, 2.24) is 10.2 Å². The highest BCUT2D eigenvalue weighted by atomic mass is 79.9. The highest BCUT2D eigenvalue weighted by Crippen LogP contribution is 2.19. The SMILES string of the molecule is Fc1[nH]nc2cc(Br)ccc12. The summed E-state index contributed by atoms with van der Waals surface area (Å²) >= 11 is 3.27. The van der Waals surface area contributed by atoms with E-state index in [-0.39, 0.29) is 5.95 Å². The zero-order valence-electron chi connectivity index (χ0n) is 5.44. The third-order valence-electron chi connectivity index (χ3n) is 1.47. The lowest BCUT2D eigenvalue weighted by Gasteiger charge is -1.87. The van der Waals surface area contributed by atoms with Gasteiger partial charge >= 0.3 is 0 Å². The first-order chi connectivity index (χ1) is 5.27. The second-order valence-electron chi connectivity index (χ2n) is 2.20. The van der Waals surface area contributed by atoms with Gasteiger partial charge in [0.05, 0.1) is 10.9 Å². The van der Waals surface area contributed by atoms with Gasteiger partial charge in [-0.3, -0.25) is 5.10 Å². The van der Waals surface area contributed by atoms with Gasteiger partial charge in [-0.15, -0.1) is 0 Å². The predicted molar refractivity (Wildman–Crippen MR) is 43.8 cm³/mol. The number of H-pyrrole nitrogens is 1. The van der Waals surface area contributed by atoms with Crippen LogP contribution in [0.4, 0.5) is 4.39 Å². The largest absolute Gasteiger partial charge is 0.252 e. The van der Waals surface area contributed by atoms with Crippen molar-refractivity contribution in [3.63, 3.8) is 0 Å². The molecule has 0 spiro atoms. The second kappa shape index (κ2) is 2.30. The molecule has 0 saturated carbocycles. The summed E-state index contributed by atoms with van der Waals surface area (Å²) in [6.07, 6.45) is 0. The van der Waals surface area contributed by atoms with Gasteiger partial charge in [0, 0.05) is 4.47 Å². The molecule has 1 heterocycles. The minimum absolute atomic E-state index is 0.382. The molecule has 0 bridgehead atoms. The maximum Gasteiger partial charge on any atom is 0.216 e. The van der Waals surface area contributed by atoms with E-state index in [1.54, 1.807) is 18.2 Å². The van der Waals surface area contributed by atoms with Gasteiger partial charge in [-0.05, 0) is 18.2 Å². The summed E-state index contributed by atoms with van der Waals surface area (Å²) in [6.45, 7) is 0. The Hall–Kier alpha value is -0.900. The van der Waals surface area contributed by atoms with Crippen LogP contribution < -0.4 is 0 Å². The van der Waals surface area contributed by atoms with Crippen molar-refractivity contribution in [2.24, 2.45) is 0 Å². The van der Waals surface area contributed by atoms with Crippen LogP contribution in [0.15, 0.2) is 22.7 Å². The van der Waals surface area contributed by atoms with Crippen LogP contribution in [0.3, 0.4) is 0 Å². The number of halogens is 2. The smallest absolute Gasteiger partial charge is 0.216 e. The van der Waals surface area contributed by atoms with Crippen molar-refractivity contribution >= 4 is 26.8 Å². The topological polar surface area (TPSA) is 28.7 Å². The Labute approximate surface area is 70.5 Å². The summed E-state index contributed by atoms with van der Waals surface area (Å²) in [7, 11) is 0. The maximum absolute atomic E-state index is 12.7. The van der Waals surface area contributed by atoms with Gasteiger partial charge in [0.1, 0.15) is 0 Å². The van der Waals surface area contributed by atoms with Crippen molar-refractivity contribution < 1.29 is 4.39 Å². The average molecular weight is 215 g/mol.